The summed E-state index contributed by atoms with van der Waals surface area (Å²) in [6.07, 6.45) is -6.57. The van der Waals surface area contributed by atoms with Crippen LogP contribution in [0.15, 0.2) is 83.2 Å². The summed E-state index contributed by atoms with van der Waals surface area (Å²) >= 11 is 1.97. The summed E-state index contributed by atoms with van der Waals surface area (Å²) in [5.41, 5.74) is 0.659. The van der Waals surface area contributed by atoms with Crippen molar-refractivity contribution in [2.45, 2.75) is 26.2 Å². The van der Waals surface area contributed by atoms with E-state index >= 15 is 0 Å². The number of hydrogen-bond acceptors (Lipinski definition) is 8. The molecule has 3 aromatic rings. The van der Waals surface area contributed by atoms with Crippen molar-refractivity contribution < 1.29 is 68.0 Å². The Morgan fingerprint density at radius 1 is 0.810 bits per heavy atom. The molecule has 0 saturated heterocycles. The molecule has 3 aromatic heterocycles. The first-order valence-electron chi connectivity index (χ1n) is 11.4. The molecule has 3 rings (SSSR count). The molecular weight excluding hydrogens is 662 g/mol. The van der Waals surface area contributed by atoms with Crippen molar-refractivity contribution in [1.29, 1.82) is 0 Å². The van der Waals surface area contributed by atoms with Crippen LogP contribution in [0.1, 0.15) is 43.5 Å². The summed E-state index contributed by atoms with van der Waals surface area (Å²) in [6.45, 7) is 5.42. The Balaban J connectivity index is 0.000000594. The number of rotatable bonds is 7. The van der Waals surface area contributed by atoms with Crippen LogP contribution in [0, 0.1) is 0 Å². The number of ketones is 2. The van der Waals surface area contributed by atoms with Crippen LogP contribution in [0.25, 0.3) is 0 Å². The van der Waals surface area contributed by atoms with Gasteiger partial charge in [0.05, 0.1) is 15.3 Å². The molecule has 3 heterocycles. The summed E-state index contributed by atoms with van der Waals surface area (Å²) in [6, 6.07) is 9.30. The van der Waals surface area contributed by atoms with E-state index in [0.29, 0.717) is 5.56 Å². The van der Waals surface area contributed by atoms with Crippen molar-refractivity contribution in [3.63, 3.8) is 0 Å². The second-order valence-corrected chi connectivity index (χ2v) is 9.31. The third kappa shape index (κ3) is 13.5. The van der Waals surface area contributed by atoms with Crippen molar-refractivity contribution in [3.8, 4) is 0 Å². The van der Waals surface area contributed by atoms with Crippen LogP contribution in [-0.2, 0) is 17.1 Å². The number of aromatic nitrogens is 1. The van der Waals surface area contributed by atoms with Crippen molar-refractivity contribution in [2.24, 2.45) is 0 Å². The normalized spacial score (nSPS) is 11.6. The summed E-state index contributed by atoms with van der Waals surface area (Å²) in [4.78, 5) is 39.6. The average molecular weight is 684 g/mol. The first-order valence-corrected chi connectivity index (χ1v) is 13.1. The maximum absolute atomic E-state index is 11.7. The predicted octanol–water partition coefficient (Wildman–Crippen LogP) is 5.04. The number of nitrogens with zero attached hydrogens (tertiary/aromatic N) is 2. The molecule has 0 aliphatic heterocycles. The van der Waals surface area contributed by atoms with E-state index in [1.54, 1.807) is 40.2 Å². The van der Waals surface area contributed by atoms with E-state index in [9.17, 15) is 50.9 Å². The van der Waals surface area contributed by atoms with Crippen LogP contribution in [-0.4, -0.2) is 52.8 Å². The fraction of sp³-hybridized carbons (Fsp3) is 0.231. The fourth-order valence-corrected chi connectivity index (χ4v) is 3.84. The van der Waals surface area contributed by atoms with Crippen LogP contribution in [0.5, 0.6) is 0 Å². The second kappa shape index (κ2) is 18.2. The zero-order valence-corrected chi connectivity index (χ0v) is 24.2. The Hall–Kier alpha value is -3.46. The molecule has 42 heavy (non-hydrogen) atoms. The third-order valence-corrected chi connectivity index (χ3v) is 6.34. The van der Waals surface area contributed by atoms with Gasteiger partial charge in [-0.3, -0.25) is 19.4 Å². The Kier molecular flexibility index (Phi) is 16.7. The van der Waals surface area contributed by atoms with E-state index in [1.165, 1.54) is 24.3 Å². The molecule has 0 aliphatic rings. The van der Waals surface area contributed by atoms with Gasteiger partial charge < -0.3 is 15.1 Å². The maximum Gasteiger partial charge on any atom is 2.00 e. The molecule has 0 N–H and O–H groups in total. The van der Waals surface area contributed by atoms with Gasteiger partial charge in [0.15, 0.2) is 11.6 Å². The number of thiophene rings is 2. The summed E-state index contributed by atoms with van der Waals surface area (Å²) in [7, 11) is 0. The fourth-order valence-electron chi connectivity index (χ4n) is 2.56. The number of alkyl halides is 6. The van der Waals surface area contributed by atoms with Gasteiger partial charge in [0.1, 0.15) is 0 Å². The molecule has 231 valence electrons. The van der Waals surface area contributed by atoms with Crippen LogP contribution in [0.3, 0.4) is 0 Å². The van der Waals surface area contributed by atoms with Crippen LogP contribution >= 0.6 is 22.7 Å². The average Bonchev–Trinajstić information content (AvgIpc) is 3.65. The summed E-state index contributed by atoms with van der Waals surface area (Å²) < 4.78 is 70.3. The predicted molar refractivity (Wildman–Crippen MR) is 137 cm³/mol. The van der Waals surface area contributed by atoms with Crippen LogP contribution < -0.4 is 10.2 Å². The number of hydrogen-bond donors (Lipinski definition) is 0. The van der Waals surface area contributed by atoms with Gasteiger partial charge in [-0.05, 0) is 72.5 Å². The number of halogens is 6. The zero-order chi connectivity index (χ0) is 31.2. The minimum Gasteiger partial charge on any atom is -0.869 e. The van der Waals surface area contributed by atoms with Crippen molar-refractivity contribution >= 4 is 40.1 Å². The second-order valence-electron chi connectivity index (χ2n) is 7.41. The minimum absolute atomic E-state index is 0. The topological polar surface area (TPSA) is 113 Å². The smallest absolute Gasteiger partial charge is 0.869 e. The van der Waals surface area contributed by atoms with Gasteiger partial charge >= 0.3 is 29.4 Å². The van der Waals surface area contributed by atoms with Crippen LogP contribution in [0.2, 0.25) is 0 Å². The van der Waals surface area contributed by atoms with Gasteiger partial charge in [-0.15, -0.1) is 22.7 Å². The Morgan fingerprint density at radius 3 is 1.52 bits per heavy atom. The molecule has 16 heteroatoms. The van der Waals surface area contributed by atoms with Crippen molar-refractivity contribution in [1.82, 2.24) is 9.88 Å². The standard InChI is InChI=1S/C10H14N2O.2C8H5F3O2S.Cu/c1-3-12(4-2)10(13)9-6-5-7-11-8-9;2*9-8(10,11)7(13)4-5(12)6-2-1-3-14-6;/h5-8H,3-4H2,1-2H3;2*1-4,13H;/q;;;+2/p-2/b;2*7-4-;. The number of carbonyl (C=O) groups excluding carboxylic acids is 3. The number of pyridine rings is 1. The minimum atomic E-state index is -4.98. The van der Waals surface area contributed by atoms with E-state index in [2.05, 4.69) is 4.98 Å². The molecule has 0 unspecified atom stereocenters. The van der Waals surface area contributed by atoms with Gasteiger partial charge in [0.2, 0.25) is 0 Å². The molecule has 1 amide bonds. The third-order valence-electron chi connectivity index (χ3n) is 4.57. The number of amides is 1. The number of allylic oxidation sites excluding steroid dienone is 4. The Labute approximate surface area is 255 Å². The van der Waals surface area contributed by atoms with Gasteiger partial charge in [-0.25, -0.2) is 0 Å². The van der Waals surface area contributed by atoms with Gasteiger partial charge in [-0.1, -0.05) is 12.1 Å². The first kappa shape index (κ1) is 38.5. The maximum atomic E-state index is 11.7. The summed E-state index contributed by atoms with van der Waals surface area (Å²) in [5.74, 6) is -6.03. The SMILES string of the molecule is CCN(CC)C(=O)c1cccnc1.O=C(/C=C(\[O-])C(F)(F)F)c1cccs1.O=C(/C=C(\[O-])C(F)(F)F)c1cccs1.[Cu+2]. The van der Waals surface area contributed by atoms with E-state index in [4.69, 9.17) is 0 Å². The van der Waals surface area contributed by atoms with E-state index in [1.807, 2.05) is 13.8 Å². The Morgan fingerprint density at radius 2 is 1.24 bits per heavy atom. The molecule has 0 spiro atoms. The zero-order valence-electron chi connectivity index (χ0n) is 21.7. The van der Waals surface area contributed by atoms with Gasteiger partial charge in [0.25, 0.3) is 5.91 Å². The molecule has 7 nitrogen and oxygen atoms in total. The van der Waals surface area contributed by atoms with Crippen molar-refractivity contribution in [3.05, 3.63) is 98.5 Å². The molecule has 0 saturated carbocycles. The van der Waals surface area contributed by atoms with Gasteiger partial charge in [-0.2, -0.15) is 26.3 Å². The summed E-state index contributed by atoms with van der Waals surface area (Å²) in [5, 5.41) is 23.8. The molecule has 0 aromatic carbocycles. The quantitative estimate of drug-likeness (QED) is 0.113. The largest absolute Gasteiger partial charge is 2.00 e. The van der Waals surface area contributed by atoms with Crippen LogP contribution in [0.4, 0.5) is 26.3 Å². The monoisotopic (exact) mass is 683 g/mol. The first-order chi connectivity index (χ1) is 19.1. The molecular formula is C26H22CuF6N2O5S2. The van der Waals surface area contributed by atoms with Gasteiger partial charge in [0, 0.05) is 25.5 Å². The Bertz CT molecular complexity index is 1230. The van der Waals surface area contributed by atoms with E-state index in [-0.39, 0.29) is 44.9 Å². The molecule has 0 atom stereocenters. The molecule has 0 bridgehead atoms. The molecule has 1 radical (unpaired) electrons. The van der Waals surface area contributed by atoms with Crippen molar-refractivity contribution in [2.75, 3.05) is 13.1 Å². The molecule has 0 fully saturated rings. The van der Waals surface area contributed by atoms with E-state index < -0.39 is 35.4 Å². The van der Waals surface area contributed by atoms with E-state index in [0.717, 1.165) is 35.8 Å². The number of carbonyl (C=O) groups is 3. The molecule has 0 aliphatic carbocycles.